The highest BCUT2D eigenvalue weighted by atomic mass is 16.5. The lowest BCUT2D eigenvalue weighted by Gasteiger charge is -2.57. The summed E-state index contributed by atoms with van der Waals surface area (Å²) in [5.41, 5.74) is 2.23. The van der Waals surface area contributed by atoms with Gasteiger partial charge in [-0.3, -0.25) is 9.69 Å². The van der Waals surface area contributed by atoms with E-state index in [0.29, 0.717) is 12.0 Å². The van der Waals surface area contributed by atoms with Gasteiger partial charge in [0.05, 0.1) is 12.0 Å². The molecular formula is C24H31NO2. The summed E-state index contributed by atoms with van der Waals surface area (Å²) in [6.07, 6.45) is 5.94. The number of carbonyl (C=O) groups is 1. The van der Waals surface area contributed by atoms with Crippen molar-refractivity contribution in [2.75, 3.05) is 6.54 Å². The van der Waals surface area contributed by atoms with Crippen molar-refractivity contribution in [3.63, 3.8) is 0 Å². The summed E-state index contributed by atoms with van der Waals surface area (Å²) in [7, 11) is 0. The summed E-state index contributed by atoms with van der Waals surface area (Å²) in [5.74, 6) is 1.43. The maximum atomic E-state index is 13.0. The largest absolute Gasteiger partial charge is 0.359 e. The molecule has 27 heavy (non-hydrogen) atoms. The molecule has 0 amide bonds. The first-order valence-corrected chi connectivity index (χ1v) is 10.6. The van der Waals surface area contributed by atoms with Crippen LogP contribution in [0.5, 0.6) is 0 Å². The lowest BCUT2D eigenvalue weighted by Crippen LogP contribution is -2.65. The van der Waals surface area contributed by atoms with Gasteiger partial charge in [0.25, 0.3) is 0 Å². The predicted molar refractivity (Wildman–Crippen MR) is 106 cm³/mol. The Bertz CT molecular complexity index is 798. The van der Waals surface area contributed by atoms with E-state index in [2.05, 4.69) is 44.7 Å². The number of fused-ring (bicyclic) bond motifs is 4. The normalized spacial score (nSPS) is 43.0. The number of allylic oxidation sites excluding steroid dienone is 1. The molecule has 2 aliphatic carbocycles. The van der Waals surface area contributed by atoms with Crippen molar-refractivity contribution < 1.29 is 9.53 Å². The summed E-state index contributed by atoms with van der Waals surface area (Å²) in [6, 6.07) is 10.3. The summed E-state index contributed by atoms with van der Waals surface area (Å²) in [6.45, 7) is 10.3. The van der Waals surface area contributed by atoms with Gasteiger partial charge in [-0.25, -0.2) is 0 Å². The molecule has 1 saturated carbocycles. The molecule has 0 bridgehead atoms. The Balaban J connectivity index is 1.58. The van der Waals surface area contributed by atoms with Crippen LogP contribution in [0.15, 0.2) is 42.0 Å². The third-order valence-electron chi connectivity index (χ3n) is 8.17. The number of hydrogen-bond donors (Lipinski definition) is 0. The topological polar surface area (TPSA) is 29.5 Å². The zero-order chi connectivity index (χ0) is 19.0. The molecule has 0 spiro atoms. The first kappa shape index (κ1) is 17.6. The highest BCUT2D eigenvalue weighted by Crippen LogP contribution is 2.60. The second-order valence-electron chi connectivity index (χ2n) is 10.0. The molecule has 6 atom stereocenters. The van der Waals surface area contributed by atoms with Crippen LogP contribution >= 0.6 is 0 Å². The van der Waals surface area contributed by atoms with E-state index in [9.17, 15) is 4.79 Å². The minimum atomic E-state index is -0.263. The lowest BCUT2D eigenvalue weighted by molar-refractivity contribution is -0.243. The maximum absolute atomic E-state index is 13.0. The third kappa shape index (κ3) is 2.31. The fraction of sp³-hybridized carbons (Fsp3) is 0.625. The molecule has 3 nitrogen and oxygen atoms in total. The molecular weight excluding hydrogens is 334 g/mol. The number of nitrogens with zero attached hydrogens (tertiary/aromatic N) is 1. The minimum absolute atomic E-state index is 0.0121. The Morgan fingerprint density at radius 3 is 2.59 bits per heavy atom. The van der Waals surface area contributed by atoms with Crippen LogP contribution in [0.4, 0.5) is 0 Å². The fourth-order valence-corrected chi connectivity index (χ4v) is 6.54. The zero-order valence-electron chi connectivity index (χ0n) is 16.9. The second kappa shape index (κ2) is 5.78. The molecule has 1 aromatic carbocycles. The number of ether oxygens (including phenoxy) is 1. The minimum Gasteiger partial charge on any atom is -0.359 e. The van der Waals surface area contributed by atoms with Gasteiger partial charge < -0.3 is 4.74 Å². The van der Waals surface area contributed by atoms with Crippen LogP contribution in [-0.4, -0.2) is 35.1 Å². The molecule has 1 aromatic rings. The summed E-state index contributed by atoms with van der Waals surface area (Å²) in [4.78, 5) is 15.6. The van der Waals surface area contributed by atoms with E-state index in [-0.39, 0.29) is 28.9 Å². The number of benzene rings is 1. The van der Waals surface area contributed by atoms with Gasteiger partial charge in [-0.2, -0.15) is 0 Å². The highest BCUT2D eigenvalue weighted by molar-refractivity contribution is 6.00. The summed E-state index contributed by atoms with van der Waals surface area (Å²) >= 11 is 0. The van der Waals surface area contributed by atoms with Crippen LogP contribution < -0.4 is 0 Å². The van der Waals surface area contributed by atoms with E-state index in [1.54, 1.807) is 0 Å². The zero-order valence-corrected chi connectivity index (χ0v) is 16.9. The van der Waals surface area contributed by atoms with Crippen molar-refractivity contribution in [1.29, 1.82) is 0 Å². The Hall–Kier alpha value is -1.45. The van der Waals surface area contributed by atoms with E-state index in [1.807, 2.05) is 24.3 Å². The monoisotopic (exact) mass is 365 g/mol. The first-order chi connectivity index (χ1) is 12.8. The van der Waals surface area contributed by atoms with Crippen molar-refractivity contribution in [2.45, 2.75) is 70.7 Å². The van der Waals surface area contributed by atoms with Gasteiger partial charge >= 0.3 is 0 Å². The molecule has 3 fully saturated rings. The molecule has 0 aromatic heterocycles. The number of carbonyl (C=O) groups excluding carboxylic acids is 1. The molecule has 2 heterocycles. The van der Waals surface area contributed by atoms with Crippen LogP contribution in [-0.2, 0) is 9.53 Å². The standard InChI is InChI=1S/C24H31NO2/c1-15-10-11-18-20(12-15)27-22-24(4)17(14-25(22)23(18,2)3)13-19(26)21(24)16-8-6-5-7-9-16/h5-9,13,15,18,20-22H,10-12,14H2,1-4H3/t15-,18-,20-,21-,22+,24-/m1/s1. The Morgan fingerprint density at radius 1 is 1.11 bits per heavy atom. The molecule has 2 saturated heterocycles. The highest BCUT2D eigenvalue weighted by Gasteiger charge is 2.65. The number of rotatable bonds is 1. The Morgan fingerprint density at radius 2 is 1.85 bits per heavy atom. The SMILES string of the molecule is C[C@@H]1CC[C@@H]2[C@@H](C1)O[C@@H]1N(CC3=CC(=O)[C@@H](c4ccccc4)[C@@]31C)C2(C)C. The van der Waals surface area contributed by atoms with Crippen molar-refractivity contribution in [3.8, 4) is 0 Å². The Labute approximate surface area is 162 Å². The van der Waals surface area contributed by atoms with Crippen molar-refractivity contribution in [1.82, 2.24) is 4.90 Å². The summed E-state index contributed by atoms with van der Waals surface area (Å²) < 4.78 is 6.87. The molecule has 0 radical (unpaired) electrons. The van der Waals surface area contributed by atoms with Crippen LogP contribution in [0.1, 0.15) is 58.4 Å². The average molecular weight is 366 g/mol. The predicted octanol–water partition coefficient (Wildman–Crippen LogP) is 4.54. The van der Waals surface area contributed by atoms with E-state index < -0.39 is 0 Å². The quantitative estimate of drug-likeness (QED) is 0.732. The van der Waals surface area contributed by atoms with Gasteiger partial charge in [0.2, 0.25) is 0 Å². The molecule has 144 valence electrons. The fourth-order valence-electron chi connectivity index (χ4n) is 6.54. The molecule has 0 unspecified atom stereocenters. The van der Waals surface area contributed by atoms with E-state index in [0.717, 1.165) is 24.4 Å². The van der Waals surface area contributed by atoms with Gasteiger partial charge in [0.15, 0.2) is 5.78 Å². The van der Waals surface area contributed by atoms with Crippen LogP contribution in [0.25, 0.3) is 0 Å². The molecule has 4 aliphatic rings. The van der Waals surface area contributed by atoms with Gasteiger partial charge in [0, 0.05) is 23.4 Å². The smallest absolute Gasteiger partial charge is 0.164 e. The second-order valence-corrected chi connectivity index (χ2v) is 10.0. The molecule has 0 N–H and O–H groups in total. The molecule has 2 aliphatic heterocycles. The van der Waals surface area contributed by atoms with Gasteiger partial charge in [-0.1, -0.05) is 50.6 Å². The molecule has 3 heteroatoms. The van der Waals surface area contributed by atoms with Crippen LogP contribution in [0, 0.1) is 17.3 Å². The van der Waals surface area contributed by atoms with Crippen LogP contribution in [0.2, 0.25) is 0 Å². The summed E-state index contributed by atoms with van der Waals surface area (Å²) in [5, 5.41) is 0. The van der Waals surface area contributed by atoms with Crippen molar-refractivity contribution >= 4 is 5.78 Å². The van der Waals surface area contributed by atoms with E-state index in [1.165, 1.54) is 18.4 Å². The molecule has 5 rings (SSSR count). The van der Waals surface area contributed by atoms with Gasteiger partial charge in [-0.05, 0) is 49.8 Å². The first-order valence-electron chi connectivity index (χ1n) is 10.6. The van der Waals surface area contributed by atoms with Gasteiger partial charge in [-0.15, -0.1) is 0 Å². The lowest BCUT2D eigenvalue weighted by atomic mass is 9.68. The van der Waals surface area contributed by atoms with Crippen molar-refractivity contribution in [2.24, 2.45) is 17.3 Å². The van der Waals surface area contributed by atoms with Crippen LogP contribution in [0.3, 0.4) is 0 Å². The number of ketones is 1. The van der Waals surface area contributed by atoms with E-state index in [4.69, 9.17) is 4.74 Å². The number of hydrogen-bond acceptors (Lipinski definition) is 3. The Kier molecular flexibility index (Phi) is 3.77. The average Bonchev–Trinajstić information content (AvgIpc) is 3.04. The van der Waals surface area contributed by atoms with Gasteiger partial charge in [0.1, 0.15) is 6.23 Å². The third-order valence-corrected chi connectivity index (χ3v) is 8.17. The van der Waals surface area contributed by atoms with E-state index >= 15 is 0 Å². The van der Waals surface area contributed by atoms with Crippen molar-refractivity contribution in [3.05, 3.63) is 47.5 Å². The maximum Gasteiger partial charge on any atom is 0.164 e.